The number of anilines is 1. The molecule has 1 unspecified atom stereocenters. The number of carbonyl (C=O) groups excluding carboxylic acids is 3. The molecule has 1 aromatic rings. The Labute approximate surface area is 195 Å². The molecule has 0 aromatic heterocycles. The van der Waals surface area contributed by atoms with Gasteiger partial charge in [-0.3, -0.25) is 9.59 Å². The van der Waals surface area contributed by atoms with Crippen molar-refractivity contribution in [3.63, 3.8) is 0 Å². The van der Waals surface area contributed by atoms with E-state index in [0.717, 1.165) is 0 Å². The van der Waals surface area contributed by atoms with Crippen LogP contribution in [0.3, 0.4) is 0 Å². The fourth-order valence-electron chi connectivity index (χ4n) is 5.47. The third-order valence-corrected chi connectivity index (χ3v) is 7.05. The number of rotatable bonds is 7. The molecule has 1 amide bonds. The van der Waals surface area contributed by atoms with Gasteiger partial charge in [0.1, 0.15) is 18.1 Å². The van der Waals surface area contributed by atoms with Crippen molar-refractivity contribution in [3.05, 3.63) is 40.7 Å². The van der Waals surface area contributed by atoms with Gasteiger partial charge in [0.05, 0.1) is 37.6 Å². The van der Waals surface area contributed by atoms with Crippen LogP contribution in [0.15, 0.2) is 40.7 Å². The molecule has 1 aliphatic carbocycles. The van der Waals surface area contributed by atoms with Gasteiger partial charge in [0, 0.05) is 54.7 Å². The van der Waals surface area contributed by atoms with Crippen molar-refractivity contribution in [2.24, 2.45) is 11.7 Å². The minimum Gasteiger partial charge on any atom is -0.497 e. The molecule has 4 N–H and O–H groups in total. The maximum Gasteiger partial charge on any atom is 0.404 e. The zero-order chi connectivity index (χ0) is 24.4. The normalized spacial score (nSPS) is 29.1. The van der Waals surface area contributed by atoms with E-state index in [1.807, 2.05) is 4.90 Å². The lowest BCUT2D eigenvalue weighted by molar-refractivity contribution is -0.137. The van der Waals surface area contributed by atoms with E-state index < -0.39 is 17.7 Å². The van der Waals surface area contributed by atoms with Gasteiger partial charge >= 0.3 is 6.09 Å². The molecule has 5 rings (SSSR count). The molecule has 2 fully saturated rings. The zero-order valence-electron chi connectivity index (χ0n) is 19.3. The molecule has 0 spiro atoms. The van der Waals surface area contributed by atoms with E-state index in [9.17, 15) is 14.4 Å². The second kappa shape index (κ2) is 7.74. The minimum absolute atomic E-state index is 0.107. The van der Waals surface area contributed by atoms with E-state index in [1.54, 1.807) is 25.1 Å². The Balaban J connectivity index is 1.55. The molecule has 3 heterocycles. The molecule has 34 heavy (non-hydrogen) atoms. The molecular formula is C23H26N4O7. The first kappa shape index (κ1) is 22.2. The average molecular weight is 470 g/mol. The van der Waals surface area contributed by atoms with E-state index in [-0.39, 0.29) is 47.1 Å². The van der Waals surface area contributed by atoms with E-state index in [4.69, 9.17) is 24.7 Å². The van der Waals surface area contributed by atoms with Gasteiger partial charge in [-0.25, -0.2) is 4.79 Å². The largest absolute Gasteiger partial charge is 0.497 e. The lowest BCUT2D eigenvalue weighted by atomic mass is 9.82. The van der Waals surface area contributed by atoms with Crippen molar-refractivity contribution in [2.45, 2.75) is 24.7 Å². The van der Waals surface area contributed by atoms with Crippen LogP contribution in [-0.2, 0) is 19.1 Å². The lowest BCUT2D eigenvalue weighted by Crippen LogP contribution is -2.55. The third kappa shape index (κ3) is 3.00. The molecule has 4 atom stereocenters. The molecule has 11 nitrogen and oxygen atoms in total. The van der Waals surface area contributed by atoms with Crippen molar-refractivity contribution in [1.82, 2.24) is 10.2 Å². The van der Waals surface area contributed by atoms with Gasteiger partial charge in [0.15, 0.2) is 5.72 Å². The van der Waals surface area contributed by atoms with Crippen molar-refractivity contribution < 1.29 is 33.3 Å². The fourth-order valence-corrected chi connectivity index (χ4v) is 5.47. The summed E-state index contributed by atoms with van der Waals surface area (Å²) in [5.41, 5.74) is 5.69. The fraction of sp³-hybridized carbons (Fsp3) is 0.435. The van der Waals surface area contributed by atoms with Crippen molar-refractivity contribution in [1.29, 1.82) is 0 Å². The number of nitrogens with zero attached hydrogens (tertiary/aromatic N) is 1. The van der Waals surface area contributed by atoms with Crippen molar-refractivity contribution >= 4 is 23.3 Å². The Morgan fingerprint density at radius 3 is 2.44 bits per heavy atom. The Hall–Kier alpha value is -3.57. The lowest BCUT2D eigenvalue weighted by Gasteiger charge is -2.39. The average Bonchev–Trinajstić information content (AvgIpc) is 3.44. The molecule has 4 aliphatic rings. The van der Waals surface area contributed by atoms with Gasteiger partial charge in [-0.2, -0.15) is 0 Å². The van der Waals surface area contributed by atoms with Crippen LogP contribution in [0, 0.1) is 5.92 Å². The minimum atomic E-state index is -1.02. The Morgan fingerprint density at radius 1 is 1.18 bits per heavy atom. The Bertz CT molecular complexity index is 1150. The Morgan fingerprint density at radius 2 is 1.85 bits per heavy atom. The van der Waals surface area contributed by atoms with Crippen LogP contribution >= 0.6 is 0 Å². The van der Waals surface area contributed by atoms with E-state index in [2.05, 4.69) is 10.6 Å². The highest BCUT2D eigenvalue weighted by atomic mass is 16.6. The van der Waals surface area contributed by atoms with Crippen LogP contribution in [0.4, 0.5) is 10.5 Å². The second-order valence-corrected chi connectivity index (χ2v) is 8.65. The van der Waals surface area contributed by atoms with Crippen molar-refractivity contribution in [2.75, 3.05) is 39.8 Å². The number of hydrogen-bond acceptors (Lipinski definition) is 10. The highest BCUT2D eigenvalue weighted by Crippen LogP contribution is 2.55. The van der Waals surface area contributed by atoms with Gasteiger partial charge in [-0.1, -0.05) is 0 Å². The van der Waals surface area contributed by atoms with Gasteiger partial charge in [-0.15, -0.1) is 0 Å². The summed E-state index contributed by atoms with van der Waals surface area (Å²) in [5, 5.41) is 6.42. The summed E-state index contributed by atoms with van der Waals surface area (Å²) < 4.78 is 21.7. The van der Waals surface area contributed by atoms with Crippen LogP contribution < -0.4 is 25.8 Å². The molecule has 180 valence electrons. The highest BCUT2D eigenvalue weighted by Gasteiger charge is 2.72. The van der Waals surface area contributed by atoms with Crippen LogP contribution in [0.2, 0.25) is 0 Å². The van der Waals surface area contributed by atoms with E-state index in [1.165, 1.54) is 21.3 Å². The van der Waals surface area contributed by atoms with E-state index in [0.29, 0.717) is 29.4 Å². The number of nitrogens with one attached hydrogen (secondary N) is 2. The number of fused-ring (bicyclic) bond motifs is 4. The zero-order valence-corrected chi connectivity index (χ0v) is 19.3. The van der Waals surface area contributed by atoms with Gasteiger partial charge in [0.25, 0.3) is 0 Å². The predicted molar refractivity (Wildman–Crippen MR) is 119 cm³/mol. The first-order chi connectivity index (χ1) is 16.3. The SMILES string of the molecule is COc1cc(NC2=C(C)C(=O)C3=C(C2=O)[C@H](COC(N)=O)C2(OC)[C@@H]4N[C@@H]4CN32)cc(OC)c1. The van der Waals surface area contributed by atoms with Crippen LogP contribution in [0.1, 0.15) is 6.92 Å². The topological polar surface area (TPSA) is 151 Å². The van der Waals surface area contributed by atoms with Gasteiger partial charge in [0.2, 0.25) is 11.6 Å². The summed E-state index contributed by atoms with van der Waals surface area (Å²) in [5.74, 6) is -0.307. The summed E-state index contributed by atoms with van der Waals surface area (Å²) in [7, 11) is 4.57. The summed E-state index contributed by atoms with van der Waals surface area (Å²) >= 11 is 0. The molecule has 1 aromatic carbocycles. The summed E-state index contributed by atoms with van der Waals surface area (Å²) in [6.45, 7) is 1.93. The van der Waals surface area contributed by atoms with E-state index >= 15 is 0 Å². The number of allylic oxidation sites excluding steroid dienone is 2. The standard InChI is InChI=1S/C23H26N4O7/c1-10-17(25-11-5-12(31-2)7-13(6-11)32-3)20(29)16-14(9-34-22(24)30)23(33-4)21-15(26-21)8-27(23)18(16)19(10)28/h5-7,14-15,21,25-26H,8-9H2,1-4H3,(H2,24,30)/t14-,15+,21+,23?/m0/s1. The second-order valence-electron chi connectivity index (χ2n) is 8.65. The molecule has 0 radical (unpaired) electrons. The molecule has 2 saturated heterocycles. The number of nitrogens with two attached hydrogens (primary N) is 1. The molecular weight excluding hydrogens is 444 g/mol. The summed E-state index contributed by atoms with van der Waals surface area (Å²) in [6.07, 6.45) is -0.965. The number of piperazine rings is 1. The smallest absolute Gasteiger partial charge is 0.404 e. The highest BCUT2D eigenvalue weighted by molar-refractivity contribution is 6.26. The number of hydrogen-bond donors (Lipinski definition) is 3. The van der Waals surface area contributed by atoms with Gasteiger partial charge < -0.3 is 40.2 Å². The number of carbonyl (C=O) groups is 3. The number of methoxy groups -OCH3 is 3. The maximum atomic E-state index is 13.9. The molecule has 0 saturated carbocycles. The predicted octanol–water partition coefficient (Wildman–Crippen LogP) is 0.519. The number of primary amides is 1. The summed E-state index contributed by atoms with van der Waals surface area (Å²) in [4.78, 5) is 40.8. The third-order valence-electron chi connectivity index (χ3n) is 7.05. The number of benzene rings is 1. The Kier molecular flexibility index (Phi) is 5.06. The van der Waals surface area contributed by atoms with Crippen LogP contribution in [-0.4, -0.2) is 74.8 Å². The molecule has 3 aliphatic heterocycles. The summed E-state index contributed by atoms with van der Waals surface area (Å²) in [6, 6.07) is 5.11. The van der Waals surface area contributed by atoms with Crippen molar-refractivity contribution in [3.8, 4) is 11.5 Å². The molecule has 0 bridgehead atoms. The first-order valence-corrected chi connectivity index (χ1v) is 10.8. The van der Waals surface area contributed by atoms with Crippen LogP contribution in [0.25, 0.3) is 0 Å². The number of amides is 1. The number of Topliss-reactive ketones (excluding diaryl/α,β-unsaturated/α-hetero) is 2. The maximum absolute atomic E-state index is 13.9. The number of ketones is 2. The quantitative estimate of drug-likeness (QED) is 0.380. The van der Waals surface area contributed by atoms with Crippen LogP contribution in [0.5, 0.6) is 11.5 Å². The monoisotopic (exact) mass is 470 g/mol. The van der Waals surface area contributed by atoms with Gasteiger partial charge in [-0.05, 0) is 6.92 Å². The first-order valence-electron chi connectivity index (χ1n) is 10.8. The molecule has 11 heteroatoms. The number of ether oxygens (including phenoxy) is 4.